The molecule has 0 fully saturated rings. The first-order valence-corrected chi connectivity index (χ1v) is 10.1. The van der Waals surface area contributed by atoms with Crippen LogP contribution < -0.4 is 10.1 Å². The van der Waals surface area contributed by atoms with E-state index in [-0.39, 0.29) is 18.0 Å². The minimum atomic E-state index is -0.445. The summed E-state index contributed by atoms with van der Waals surface area (Å²) in [6.45, 7) is 0. The molecular weight excluding hydrogens is 424 g/mol. The van der Waals surface area contributed by atoms with Gasteiger partial charge in [-0.2, -0.15) is 4.98 Å². The lowest BCUT2D eigenvalue weighted by Crippen LogP contribution is -2.14. The molecule has 0 bridgehead atoms. The van der Waals surface area contributed by atoms with Crippen molar-refractivity contribution in [3.63, 3.8) is 0 Å². The van der Waals surface area contributed by atoms with Gasteiger partial charge in [0, 0.05) is 28.9 Å². The van der Waals surface area contributed by atoms with Crippen molar-refractivity contribution in [2.24, 2.45) is 0 Å². The third-order valence-electron chi connectivity index (χ3n) is 4.94. The van der Waals surface area contributed by atoms with Crippen molar-refractivity contribution >= 4 is 17.3 Å². The Labute approximate surface area is 189 Å². The van der Waals surface area contributed by atoms with Crippen LogP contribution in [-0.4, -0.2) is 28.1 Å². The lowest BCUT2D eigenvalue weighted by atomic mass is 10.1. The lowest BCUT2D eigenvalue weighted by Gasteiger charge is -2.09. The summed E-state index contributed by atoms with van der Waals surface area (Å²) < 4.78 is 10.6. The fourth-order valence-corrected chi connectivity index (χ4v) is 3.28. The fourth-order valence-electron chi connectivity index (χ4n) is 3.28. The van der Waals surface area contributed by atoms with Crippen LogP contribution in [0.5, 0.6) is 5.75 Å². The number of nitrogens with zero attached hydrogens (tertiary/aromatic N) is 3. The molecule has 1 heterocycles. The molecule has 4 aromatic rings. The van der Waals surface area contributed by atoms with Crippen LogP contribution in [-0.2, 0) is 17.6 Å². The normalized spacial score (nSPS) is 10.6. The molecule has 1 aromatic heterocycles. The Balaban J connectivity index is 1.37. The van der Waals surface area contributed by atoms with Gasteiger partial charge < -0.3 is 14.6 Å². The van der Waals surface area contributed by atoms with Crippen LogP contribution in [0.25, 0.3) is 11.4 Å². The van der Waals surface area contributed by atoms with E-state index in [0.29, 0.717) is 29.6 Å². The quantitative estimate of drug-likeness (QED) is 0.315. The molecule has 0 aliphatic carbocycles. The third-order valence-corrected chi connectivity index (χ3v) is 4.94. The molecule has 9 nitrogen and oxygen atoms in total. The Hall–Kier alpha value is -4.53. The van der Waals surface area contributed by atoms with Crippen LogP contribution in [0, 0.1) is 10.1 Å². The zero-order valence-electron chi connectivity index (χ0n) is 17.7. The van der Waals surface area contributed by atoms with Crippen molar-refractivity contribution in [2.45, 2.75) is 12.8 Å². The van der Waals surface area contributed by atoms with Gasteiger partial charge in [0.25, 0.3) is 5.69 Å². The van der Waals surface area contributed by atoms with Gasteiger partial charge in [-0.25, -0.2) is 0 Å². The van der Waals surface area contributed by atoms with E-state index in [1.54, 1.807) is 43.5 Å². The summed E-state index contributed by atoms with van der Waals surface area (Å²) in [7, 11) is 1.57. The number of nitrogens with one attached hydrogen (secondary N) is 1. The second kappa shape index (κ2) is 9.73. The summed E-state index contributed by atoms with van der Waals surface area (Å²) in [4.78, 5) is 27.1. The average molecular weight is 444 g/mol. The maximum atomic E-state index is 12.4. The highest BCUT2D eigenvalue weighted by Gasteiger charge is 2.12. The molecule has 0 saturated carbocycles. The number of carbonyl (C=O) groups is 1. The van der Waals surface area contributed by atoms with Crippen LogP contribution >= 0.6 is 0 Å². The van der Waals surface area contributed by atoms with E-state index in [1.165, 1.54) is 12.1 Å². The first-order valence-electron chi connectivity index (χ1n) is 10.1. The van der Waals surface area contributed by atoms with Gasteiger partial charge in [0.2, 0.25) is 17.6 Å². The van der Waals surface area contributed by atoms with E-state index < -0.39 is 4.92 Å². The number of hydrogen-bond acceptors (Lipinski definition) is 7. The standard InChI is InChI=1S/C24H20N4O5/c1-32-21-5-3-2-4-18(21)15-22(29)25-19-10-8-17(9-11-19)24-26-23(33-27-24)14-16-6-12-20(13-7-16)28(30)31/h2-13H,14-15H2,1H3,(H,25,29). The number of amides is 1. The van der Waals surface area contributed by atoms with Crippen LogP contribution in [0.4, 0.5) is 11.4 Å². The first-order chi connectivity index (χ1) is 16.0. The molecule has 0 atom stereocenters. The van der Waals surface area contributed by atoms with Gasteiger partial charge in [-0.05, 0) is 35.9 Å². The van der Waals surface area contributed by atoms with E-state index in [1.807, 2.05) is 24.3 Å². The Morgan fingerprint density at radius 2 is 1.79 bits per heavy atom. The number of anilines is 1. The maximum Gasteiger partial charge on any atom is 0.269 e. The summed E-state index contributed by atoms with van der Waals surface area (Å²) in [6, 6.07) is 20.7. The third kappa shape index (κ3) is 5.40. The van der Waals surface area contributed by atoms with Crippen molar-refractivity contribution in [3.05, 3.63) is 99.9 Å². The number of rotatable bonds is 8. The minimum absolute atomic E-state index is 0.0278. The average Bonchev–Trinajstić information content (AvgIpc) is 3.28. The Morgan fingerprint density at radius 3 is 2.48 bits per heavy atom. The largest absolute Gasteiger partial charge is 0.496 e. The number of nitro benzene ring substituents is 1. The number of methoxy groups -OCH3 is 1. The molecule has 0 saturated heterocycles. The molecule has 4 rings (SSSR count). The fraction of sp³-hybridized carbons (Fsp3) is 0.125. The maximum absolute atomic E-state index is 12.4. The lowest BCUT2D eigenvalue weighted by molar-refractivity contribution is -0.384. The van der Waals surface area contributed by atoms with E-state index >= 15 is 0 Å². The monoisotopic (exact) mass is 444 g/mol. The highest BCUT2D eigenvalue weighted by molar-refractivity contribution is 5.92. The van der Waals surface area contributed by atoms with Crippen molar-refractivity contribution < 1.29 is 19.0 Å². The van der Waals surface area contributed by atoms with Crippen molar-refractivity contribution in [1.82, 2.24) is 10.1 Å². The molecule has 0 radical (unpaired) electrons. The molecule has 1 amide bonds. The summed E-state index contributed by atoms with van der Waals surface area (Å²) in [5, 5.41) is 17.6. The Bertz CT molecular complexity index is 1270. The molecule has 0 aliphatic heterocycles. The molecule has 166 valence electrons. The van der Waals surface area contributed by atoms with Gasteiger partial charge >= 0.3 is 0 Å². The number of non-ortho nitro benzene ring substituents is 1. The van der Waals surface area contributed by atoms with Gasteiger partial charge in [-0.15, -0.1) is 0 Å². The SMILES string of the molecule is COc1ccccc1CC(=O)Nc1ccc(-c2noc(Cc3ccc([N+](=O)[O-])cc3)n2)cc1. The number of para-hydroxylation sites is 1. The zero-order valence-corrected chi connectivity index (χ0v) is 17.7. The van der Waals surface area contributed by atoms with Crippen LogP contribution in [0.1, 0.15) is 17.0 Å². The zero-order chi connectivity index (χ0) is 23.2. The number of carbonyl (C=O) groups excluding carboxylic acids is 1. The second-order valence-electron chi connectivity index (χ2n) is 7.23. The van der Waals surface area contributed by atoms with E-state index in [2.05, 4.69) is 15.5 Å². The minimum Gasteiger partial charge on any atom is -0.496 e. The predicted octanol–water partition coefficient (Wildman–Crippen LogP) is 4.43. The highest BCUT2D eigenvalue weighted by Crippen LogP contribution is 2.22. The molecule has 0 spiro atoms. The molecule has 33 heavy (non-hydrogen) atoms. The Kier molecular flexibility index (Phi) is 6.40. The number of ether oxygens (including phenoxy) is 1. The van der Waals surface area contributed by atoms with E-state index in [0.717, 1.165) is 16.7 Å². The number of aromatic nitrogens is 2. The van der Waals surface area contributed by atoms with Gasteiger partial charge in [-0.1, -0.05) is 35.5 Å². The molecule has 0 aliphatic rings. The van der Waals surface area contributed by atoms with Gasteiger partial charge in [0.15, 0.2) is 0 Å². The van der Waals surface area contributed by atoms with Gasteiger partial charge in [0.1, 0.15) is 5.75 Å². The van der Waals surface area contributed by atoms with Crippen molar-refractivity contribution in [2.75, 3.05) is 12.4 Å². The van der Waals surface area contributed by atoms with Crippen LogP contribution in [0.15, 0.2) is 77.3 Å². The number of hydrogen-bond donors (Lipinski definition) is 1. The second-order valence-corrected chi connectivity index (χ2v) is 7.23. The topological polar surface area (TPSA) is 120 Å². The van der Waals surface area contributed by atoms with Crippen LogP contribution in [0.3, 0.4) is 0 Å². The highest BCUT2D eigenvalue weighted by atomic mass is 16.6. The predicted molar refractivity (Wildman–Crippen MR) is 121 cm³/mol. The summed E-state index contributed by atoms with van der Waals surface area (Å²) in [5.74, 6) is 1.33. The Morgan fingerprint density at radius 1 is 1.06 bits per heavy atom. The van der Waals surface area contributed by atoms with Gasteiger partial charge in [-0.3, -0.25) is 14.9 Å². The molecule has 0 unspecified atom stereocenters. The number of benzene rings is 3. The van der Waals surface area contributed by atoms with Crippen LogP contribution in [0.2, 0.25) is 0 Å². The first kappa shape index (κ1) is 21.7. The smallest absolute Gasteiger partial charge is 0.269 e. The van der Waals surface area contributed by atoms with Gasteiger partial charge in [0.05, 0.1) is 24.9 Å². The van der Waals surface area contributed by atoms with Crippen molar-refractivity contribution in [3.8, 4) is 17.1 Å². The van der Waals surface area contributed by atoms with E-state index in [9.17, 15) is 14.9 Å². The molecule has 1 N–H and O–H groups in total. The molecule has 3 aromatic carbocycles. The summed E-state index contributed by atoms with van der Waals surface area (Å²) >= 11 is 0. The molecular formula is C24H20N4O5. The molecule has 9 heteroatoms. The summed E-state index contributed by atoms with van der Waals surface area (Å²) in [5.41, 5.74) is 3.04. The van der Waals surface area contributed by atoms with E-state index in [4.69, 9.17) is 9.26 Å². The van der Waals surface area contributed by atoms with Crippen molar-refractivity contribution in [1.29, 1.82) is 0 Å². The summed E-state index contributed by atoms with van der Waals surface area (Å²) in [6.07, 6.45) is 0.560. The number of nitro groups is 1.